The minimum Gasteiger partial charge on any atom is -0.393 e. The van der Waals surface area contributed by atoms with Crippen molar-refractivity contribution in [3.05, 3.63) is 0 Å². The van der Waals surface area contributed by atoms with Crippen molar-refractivity contribution in [2.75, 3.05) is 13.1 Å². The standard InChI is InChI=1S/C15H29NO/c1-11-4-5-15(10-12(11)2)16-8-6-14(7-9-16)13(3)17/h11-15,17H,4-10H2,1-3H3. The summed E-state index contributed by atoms with van der Waals surface area (Å²) in [6, 6.07) is 0.830. The van der Waals surface area contributed by atoms with E-state index in [-0.39, 0.29) is 6.10 Å². The number of aliphatic hydroxyl groups excluding tert-OH is 1. The summed E-state index contributed by atoms with van der Waals surface area (Å²) >= 11 is 0. The summed E-state index contributed by atoms with van der Waals surface area (Å²) in [7, 11) is 0. The van der Waals surface area contributed by atoms with Crippen molar-refractivity contribution in [2.45, 2.75) is 65.0 Å². The molecule has 2 fully saturated rings. The average molecular weight is 239 g/mol. The number of rotatable bonds is 2. The number of aliphatic hydroxyl groups is 1. The molecule has 1 aliphatic heterocycles. The Labute approximate surface area is 106 Å². The van der Waals surface area contributed by atoms with E-state index in [1.54, 1.807) is 0 Å². The topological polar surface area (TPSA) is 23.5 Å². The van der Waals surface area contributed by atoms with Gasteiger partial charge in [0.1, 0.15) is 0 Å². The van der Waals surface area contributed by atoms with E-state index in [1.165, 1.54) is 45.2 Å². The lowest BCUT2D eigenvalue weighted by molar-refractivity contribution is 0.0356. The first kappa shape index (κ1) is 13.4. The van der Waals surface area contributed by atoms with Gasteiger partial charge in [0.15, 0.2) is 0 Å². The molecular formula is C15H29NO. The molecule has 1 N–H and O–H groups in total. The molecule has 2 aliphatic rings. The molecule has 2 nitrogen and oxygen atoms in total. The number of hydrogen-bond acceptors (Lipinski definition) is 2. The van der Waals surface area contributed by atoms with Gasteiger partial charge in [-0.1, -0.05) is 13.8 Å². The zero-order valence-electron chi connectivity index (χ0n) is 11.7. The average Bonchev–Trinajstić information content (AvgIpc) is 2.33. The minimum absolute atomic E-state index is 0.109. The van der Waals surface area contributed by atoms with Gasteiger partial charge in [0.25, 0.3) is 0 Å². The third-order valence-electron chi connectivity index (χ3n) is 5.34. The summed E-state index contributed by atoms with van der Waals surface area (Å²) in [5.74, 6) is 2.36. The fourth-order valence-corrected chi connectivity index (χ4v) is 3.62. The molecule has 0 aromatic carbocycles. The number of hydrogen-bond donors (Lipinski definition) is 1. The fourth-order valence-electron chi connectivity index (χ4n) is 3.62. The molecule has 4 unspecified atom stereocenters. The number of likely N-dealkylation sites (tertiary alicyclic amines) is 1. The Morgan fingerprint density at radius 1 is 1.00 bits per heavy atom. The largest absolute Gasteiger partial charge is 0.393 e. The van der Waals surface area contributed by atoms with Gasteiger partial charge in [-0.2, -0.15) is 0 Å². The van der Waals surface area contributed by atoms with Crippen LogP contribution in [0.4, 0.5) is 0 Å². The van der Waals surface area contributed by atoms with Crippen LogP contribution >= 0.6 is 0 Å². The molecule has 100 valence electrons. The highest BCUT2D eigenvalue weighted by Crippen LogP contribution is 2.34. The SMILES string of the molecule is CC(O)C1CCN(C2CCC(C)C(C)C2)CC1. The van der Waals surface area contributed by atoms with E-state index < -0.39 is 0 Å². The molecule has 1 saturated carbocycles. The Morgan fingerprint density at radius 2 is 1.65 bits per heavy atom. The van der Waals surface area contributed by atoms with Gasteiger partial charge in [0, 0.05) is 6.04 Å². The van der Waals surface area contributed by atoms with Crippen LogP contribution in [0.2, 0.25) is 0 Å². The summed E-state index contributed by atoms with van der Waals surface area (Å²) in [6.45, 7) is 9.19. The van der Waals surface area contributed by atoms with Gasteiger partial charge in [0.05, 0.1) is 6.10 Å². The summed E-state index contributed by atoms with van der Waals surface area (Å²) in [5.41, 5.74) is 0. The molecule has 0 aromatic heterocycles. The molecule has 0 radical (unpaired) electrons. The van der Waals surface area contributed by atoms with Crippen LogP contribution in [-0.2, 0) is 0 Å². The van der Waals surface area contributed by atoms with Crippen molar-refractivity contribution >= 4 is 0 Å². The Bertz CT molecular complexity index is 233. The summed E-state index contributed by atoms with van der Waals surface area (Å²) < 4.78 is 0. The molecule has 0 amide bonds. The second-order valence-corrected chi connectivity index (χ2v) is 6.54. The van der Waals surface area contributed by atoms with Crippen LogP contribution in [0, 0.1) is 17.8 Å². The van der Waals surface area contributed by atoms with Crippen LogP contribution < -0.4 is 0 Å². The molecule has 2 heteroatoms. The Morgan fingerprint density at radius 3 is 2.18 bits per heavy atom. The summed E-state index contributed by atoms with van der Waals surface area (Å²) in [5, 5.41) is 9.63. The van der Waals surface area contributed by atoms with E-state index >= 15 is 0 Å². The van der Waals surface area contributed by atoms with E-state index in [9.17, 15) is 5.11 Å². The maximum absolute atomic E-state index is 9.63. The van der Waals surface area contributed by atoms with Crippen LogP contribution in [0.1, 0.15) is 52.9 Å². The molecule has 4 atom stereocenters. The molecule has 2 rings (SSSR count). The van der Waals surface area contributed by atoms with Crippen LogP contribution in [0.25, 0.3) is 0 Å². The maximum atomic E-state index is 9.63. The van der Waals surface area contributed by atoms with Gasteiger partial charge >= 0.3 is 0 Å². The van der Waals surface area contributed by atoms with Crippen LogP contribution in [-0.4, -0.2) is 35.2 Å². The molecule has 1 saturated heterocycles. The van der Waals surface area contributed by atoms with E-state index in [2.05, 4.69) is 18.7 Å². The lowest BCUT2D eigenvalue weighted by atomic mass is 9.78. The van der Waals surface area contributed by atoms with Gasteiger partial charge in [-0.05, 0) is 69.9 Å². The predicted octanol–water partition coefficient (Wildman–Crippen LogP) is 2.90. The monoisotopic (exact) mass is 239 g/mol. The molecule has 0 aromatic rings. The summed E-state index contributed by atoms with van der Waals surface area (Å²) in [6.07, 6.45) is 6.46. The summed E-state index contributed by atoms with van der Waals surface area (Å²) in [4.78, 5) is 2.70. The minimum atomic E-state index is -0.109. The van der Waals surface area contributed by atoms with Gasteiger partial charge in [0.2, 0.25) is 0 Å². The number of nitrogens with zero attached hydrogens (tertiary/aromatic N) is 1. The molecule has 1 aliphatic carbocycles. The van der Waals surface area contributed by atoms with Gasteiger partial charge < -0.3 is 10.0 Å². The van der Waals surface area contributed by atoms with E-state index in [0.29, 0.717) is 5.92 Å². The van der Waals surface area contributed by atoms with Crippen molar-refractivity contribution in [1.29, 1.82) is 0 Å². The lowest BCUT2D eigenvalue weighted by Crippen LogP contribution is -2.45. The first-order valence-corrected chi connectivity index (χ1v) is 7.50. The molecule has 17 heavy (non-hydrogen) atoms. The first-order valence-electron chi connectivity index (χ1n) is 7.50. The van der Waals surface area contributed by atoms with Crippen molar-refractivity contribution in [3.8, 4) is 0 Å². The lowest BCUT2D eigenvalue weighted by Gasteiger charge is -2.43. The van der Waals surface area contributed by atoms with Crippen molar-refractivity contribution in [1.82, 2.24) is 4.90 Å². The Kier molecular flexibility index (Phi) is 4.48. The van der Waals surface area contributed by atoms with Crippen LogP contribution in [0.5, 0.6) is 0 Å². The molecule has 0 bridgehead atoms. The van der Waals surface area contributed by atoms with Crippen molar-refractivity contribution in [2.24, 2.45) is 17.8 Å². The highest BCUT2D eigenvalue weighted by Gasteiger charge is 2.31. The smallest absolute Gasteiger partial charge is 0.0541 e. The zero-order valence-corrected chi connectivity index (χ0v) is 11.7. The van der Waals surface area contributed by atoms with Gasteiger partial charge in [-0.3, -0.25) is 0 Å². The Balaban J connectivity index is 1.81. The second kappa shape index (κ2) is 5.71. The van der Waals surface area contributed by atoms with Gasteiger partial charge in [-0.15, -0.1) is 0 Å². The van der Waals surface area contributed by atoms with Gasteiger partial charge in [-0.25, -0.2) is 0 Å². The number of piperidine rings is 1. The highest BCUT2D eigenvalue weighted by atomic mass is 16.3. The highest BCUT2D eigenvalue weighted by molar-refractivity contribution is 4.85. The van der Waals surface area contributed by atoms with Crippen molar-refractivity contribution in [3.63, 3.8) is 0 Å². The third-order valence-corrected chi connectivity index (χ3v) is 5.34. The maximum Gasteiger partial charge on any atom is 0.0541 e. The normalized spacial score (nSPS) is 39.2. The Hall–Kier alpha value is -0.0800. The van der Waals surface area contributed by atoms with E-state index in [1.807, 2.05) is 6.92 Å². The molecule has 1 heterocycles. The first-order chi connectivity index (χ1) is 8.08. The quantitative estimate of drug-likeness (QED) is 0.801. The molecule has 0 spiro atoms. The van der Waals surface area contributed by atoms with E-state index in [4.69, 9.17) is 0 Å². The van der Waals surface area contributed by atoms with Crippen LogP contribution in [0.15, 0.2) is 0 Å². The zero-order chi connectivity index (χ0) is 12.4. The predicted molar refractivity (Wildman–Crippen MR) is 71.9 cm³/mol. The van der Waals surface area contributed by atoms with E-state index in [0.717, 1.165) is 17.9 Å². The second-order valence-electron chi connectivity index (χ2n) is 6.54. The molecular weight excluding hydrogens is 210 g/mol. The third kappa shape index (κ3) is 3.23. The van der Waals surface area contributed by atoms with Crippen molar-refractivity contribution < 1.29 is 5.11 Å². The van der Waals surface area contributed by atoms with Crippen LogP contribution in [0.3, 0.4) is 0 Å². The fraction of sp³-hybridized carbons (Fsp3) is 1.00.